The summed E-state index contributed by atoms with van der Waals surface area (Å²) >= 11 is 0. The van der Waals surface area contributed by atoms with E-state index in [2.05, 4.69) is 10.0 Å². The van der Waals surface area contributed by atoms with Crippen LogP contribution in [0.25, 0.3) is 0 Å². The van der Waals surface area contributed by atoms with Gasteiger partial charge in [0.15, 0.2) is 0 Å². The zero-order valence-corrected chi connectivity index (χ0v) is 13.7. The van der Waals surface area contributed by atoms with Crippen LogP contribution in [0, 0.1) is 11.2 Å². The topological polar surface area (TPSA) is 58.2 Å². The zero-order valence-electron chi connectivity index (χ0n) is 12.9. The van der Waals surface area contributed by atoms with E-state index in [1.54, 1.807) is 6.07 Å². The molecule has 1 saturated carbocycles. The first-order chi connectivity index (χ1) is 9.62. The first-order valence-electron chi connectivity index (χ1n) is 7.16. The van der Waals surface area contributed by atoms with Gasteiger partial charge in [-0.25, -0.2) is 17.5 Å². The van der Waals surface area contributed by atoms with Crippen LogP contribution >= 0.6 is 0 Å². The maximum absolute atomic E-state index is 13.9. The Morgan fingerprint density at radius 1 is 1.38 bits per heavy atom. The van der Waals surface area contributed by atoms with Crippen LogP contribution in [0.1, 0.15) is 39.7 Å². The maximum atomic E-state index is 13.9. The third-order valence-electron chi connectivity index (χ3n) is 3.81. The zero-order chi connectivity index (χ0) is 15.8. The van der Waals surface area contributed by atoms with E-state index in [0.29, 0.717) is 6.54 Å². The van der Waals surface area contributed by atoms with Gasteiger partial charge in [-0.3, -0.25) is 0 Å². The number of hydrogen-bond donors (Lipinski definition) is 2. The standard InChI is InChI=1S/C15H23FN2O2S/c1-10(2)17-9-11-5-6-12(16)13(7-11)21(19,20)18-14-8-15(14,3)4/h5-7,10,14,17-18H,8-9H2,1-4H3. The normalized spacial score (nSPS) is 20.8. The minimum atomic E-state index is -3.81. The van der Waals surface area contributed by atoms with Gasteiger partial charge in [-0.2, -0.15) is 0 Å². The van der Waals surface area contributed by atoms with Crippen molar-refractivity contribution in [1.29, 1.82) is 0 Å². The van der Waals surface area contributed by atoms with Crippen molar-refractivity contribution in [2.24, 2.45) is 5.41 Å². The van der Waals surface area contributed by atoms with Crippen LogP contribution < -0.4 is 10.0 Å². The molecule has 4 nitrogen and oxygen atoms in total. The highest BCUT2D eigenvalue weighted by molar-refractivity contribution is 7.89. The molecule has 0 aliphatic heterocycles. The monoisotopic (exact) mass is 314 g/mol. The van der Waals surface area contributed by atoms with Crippen molar-refractivity contribution in [2.75, 3.05) is 0 Å². The summed E-state index contributed by atoms with van der Waals surface area (Å²) < 4.78 is 41.1. The first-order valence-corrected chi connectivity index (χ1v) is 8.64. The largest absolute Gasteiger partial charge is 0.310 e. The quantitative estimate of drug-likeness (QED) is 0.848. The molecule has 0 saturated heterocycles. The van der Waals surface area contributed by atoms with E-state index in [1.165, 1.54) is 12.1 Å². The fourth-order valence-electron chi connectivity index (χ4n) is 2.10. The average molecular weight is 314 g/mol. The minimum absolute atomic E-state index is 0.0413. The van der Waals surface area contributed by atoms with Gasteiger partial charge in [0, 0.05) is 18.6 Å². The second-order valence-electron chi connectivity index (χ2n) is 6.67. The lowest BCUT2D eigenvalue weighted by Gasteiger charge is -2.12. The van der Waals surface area contributed by atoms with Crippen molar-refractivity contribution in [3.63, 3.8) is 0 Å². The molecule has 1 unspecified atom stereocenters. The van der Waals surface area contributed by atoms with Crippen LogP contribution in [0.4, 0.5) is 4.39 Å². The van der Waals surface area contributed by atoms with Gasteiger partial charge in [-0.05, 0) is 29.5 Å². The van der Waals surface area contributed by atoms with Crippen molar-refractivity contribution >= 4 is 10.0 Å². The minimum Gasteiger partial charge on any atom is -0.310 e. The number of halogens is 1. The maximum Gasteiger partial charge on any atom is 0.243 e. The molecular formula is C15H23FN2O2S. The van der Waals surface area contributed by atoms with Crippen LogP contribution in [0.5, 0.6) is 0 Å². The Hall–Kier alpha value is -0.980. The second-order valence-corrected chi connectivity index (χ2v) is 8.35. The van der Waals surface area contributed by atoms with Crippen molar-refractivity contribution in [3.8, 4) is 0 Å². The Morgan fingerprint density at radius 3 is 2.52 bits per heavy atom. The lowest BCUT2D eigenvalue weighted by atomic mass is 10.2. The summed E-state index contributed by atoms with van der Waals surface area (Å²) in [6.07, 6.45) is 0.780. The van der Waals surface area contributed by atoms with Crippen molar-refractivity contribution < 1.29 is 12.8 Å². The van der Waals surface area contributed by atoms with Gasteiger partial charge in [0.2, 0.25) is 10.0 Å². The highest BCUT2D eigenvalue weighted by Gasteiger charge is 2.48. The van der Waals surface area contributed by atoms with Gasteiger partial charge in [-0.1, -0.05) is 33.8 Å². The van der Waals surface area contributed by atoms with Crippen molar-refractivity contribution in [3.05, 3.63) is 29.6 Å². The molecule has 6 heteroatoms. The Kier molecular flexibility index (Phi) is 4.42. The average Bonchev–Trinajstić information content (AvgIpc) is 2.93. The fourth-order valence-corrected chi connectivity index (χ4v) is 3.64. The molecule has 1 aromatic rings. The third-order valence-corrected chi connectivity index (χ3v) is 5.30. The predicted octanol–water partition coefficient (Wildman–Crippen LogP) is 2.40. The molecule has 0 spiro atoms. The highest BCUT2D eigenvalue weighted by atomic mass is 32.2. The Labute approximate surface area is 126 Å². The molecule has 2 rings (SSSR count). The summed E-state index contributed by atoms with van der Waals surface area (Å²) in [5, 5.41) is 3.19. The molecular weight excluding hydrogens is 291 g/mol. The molecule has 1 atom stereocenters. The molecule has 0 amide bonds. The van der Waals surface area contributed by atoms with E-state index in [4.69, 9.17) is 0 Å². The van der Waals surface area contributed by atoms with Crippen LogP contribution in [0.15, 0.2) is 23.1 Å². The van der Waals surface area contributed by atoms with Gasteiger partial charge < -0.3 is 5.32 Å². The summed E-state index contributed by atoms with van der Waals surface area (Å²) in [5.74, 6) is -0.714. The Morgan fingerprint density at radius 2 is 2.00 bits per heavy atom. The number of hydrogen-bond acceptors (Lipinski definition) is 3. The summed E-state index contributed by atoms with van der Waals surface area (Å²) in [6.45, 7) is 8.48. The number of rotatable bonds is 6. The molecule has 118 valence electrons. The van der Waals surface area contributed by atoms with Crippen molar-refractivity contribution in [2.45, 2.75) is 57.6 Å². The van der Waals surface area contributed by atoms with Crippen molar-refractivity contribution in [1.82, 2.24) is 10.0 Å². The van der Waals surface area contributed by atoms with E-state index in [-0.39, 0.29) is 22.4 Å². The number of sulfonamides is 1. The van der Waals surface area contributed by atoms with Crippen LogP contribution in [-0.4, -0.2) is 20.5 Å². The third kappa shape index (κ3) is 4.02. The van der Waals surface area contributed by atoms with E-state index in [9.17, 15) is 12.8 Å². The molecule has 2 N–H and O–H groups in total. The van der Waals surface area contributed by atoms with Gasteiger partial charge in [0.25, 0.3) is 0 Å². The summed E-state index contributed by atoms with van der Waals surface area (Å²) in [4.78, 5) is -0.270. The van der Waals surface area contributed by atoms with Gasteiger partial charge in [0.1, 0.15) is 10.7 Å². The van der Waals surface area contributed by atoms with Gasteiger partial charge in [-0.15, -0.1) is 0 Å². The van der Waals surface area contributed by atoms with E-state index >= 15 is 0 Å². The molecule has 1 aliphatic carbocycles. The summed E-state index contributed by atoms with van der Waals surface area (Å²) in [7, 11) is -3.81. The van der Waals surface area contributed by atoms with Crippen LogP contribution in [0.3, 0.4) is 0 Å². The second kappa shape index (κ2) is 5.66. The number of benzene rings is 1. The van der Waals surface area contributed by atoms with E-state index < -0.39 is 15.8 Å². The lowest BCUT2D eigenvalue weighted by Crippen LogP contribution is -2.29. The molecule has 0 aromatic heterocycles. The molecule has 0 bridgehead atoms. The lowest BCUT2D eigenvalue weighted by molar-refractivity contribution is 0.539. The molecule has 1 fully saturated rings. The molecule has 0 heterocycles. The number of nitrogens with one attached hydrogen (secondary N) is 2. The first kappa shape index (κ1) is 16.4. The van der Waals surface area contributed by atoms with Gasteiger partial charge >= 0.3 is 0 Å². The molecule has 21 heavy (non-hydrogen) atoms. The predicted molar refractivity (Wildman–Crippen MR) is 80.9 cm³/mol. The Bertz CT molecular complexity index is 627. The Balaban J connectivity index is 2.19. The van der Waals surface area contributed by atoms with E-state index in [1.807, 2.05) is 27.7 Å². The molecule has 1 aromatic carbocycles. The smallest absolute Gasteiger partial charge is 0.243 e. The van der Waals surface area contributed by atoms with Crippen LogP contribution in [0.2, 0.25) is 0 Å². The summed E-state index contributed by atoms with van der Waals surface area (Å²) in [5.41, 5.74) is 0.709. The fraction of sp³-hybridized carbons (Fsp3) is 0.600. The molecule has 1 aliphatic rings. The summed E-state index contributed by atoms with van der Waals surface area (Å²) in [6, 6.07) is 4.39. The molecule has 0 radical (unpaired) electrons. The SMILES string of the molecule is CC(C)NCc1ccc(F)c(S(=O)(=O)NC2CC2(C)C)c1. The van der Waals surface area contributed by atoms with Crippen LogP contribution in [-0.2, 0) is 16.6 Å². The van der Waals surface area contributed by atoms with E-state index in [0.717, 1.165) is 12.0 Å². The highest BCUT2D eigenvalue weighted by Crippen LogP contribution is 2.45. The van der Waals surface area contributed by atoms with Gasteiger partial charge in [0.05, 0.1) is 0 Å².